The lowest BCUT2D eigenvalue weighted by Crippen LogP contribution is -2.25. The maximum Gasteiger partial charge on any atom is 0.412 e. The molecule has 0 saturated carbocycles. The van der Waals surface area contributed by atoms with E-state index in [2.05, 4.69) is 20.0 Å². The summed E-state index contributed by atoms with van der Waals surface area (Å²) in [7, 11) is 3.33. The molecule has 1 aliphatic carbocycles. The number of nitrogens with one attached hydrogen (secondary N) is 1. The van der Waals surface area contributed by atoms with E-state index in [0.717, 1.165) is 19.3 Å². The van der Waals surface area contributed by atoms with Crippen molar-refractivity contribution in [3.05, 3.63) is 87.3 Å². The summed E-state index contributed by atoms with van der Waals surface area (Å²) in [6.45, 7) is 0. The number of nitrogens with zero attached hydrogens (tertiary/aromatic N) is 4. The summed E-state index contributed by atoms with van der Waals surface area (Å²) in [5.74, 6) is -1.15. The number of aryl methyl sites for hydroxylation is 2. The number of hydrogen-bond acceptors (Lipinski definition) is 8. The van der Waals surface area contributed by atoms with Crippen LogP contribution in [0.5, 0.6) is 0 Å². The predicted octanol–water partition coefficient (Wildman–Crippen LogP) is 2.95. The Hall–Kier alpha value is -5.06. The van der Waals surface area contributed by atoms with Gasteiger partial charge in [0.15, 0.2) is 5.65 Å². The molecule has 11 nitrogen and oxygen atoms in total. The molecule has 5 rings (SSSR count). The minimum Gasteiger partial charge on any atom is -0.373 e. The van der Waals surface area contributed by atoms with Crippen molar-refractivity contribution >= 4 is 40.6 Å². The lowest BCUT2D eigenvalue weighted by molar-refractivity contribution is 0.0636. The normalized spacial score (nSPS) is 12.2. The average Bonchev–Trinajstić information content (AvgIpc) is 3.36. The van der Waals surface area contributed by atoms with Gasteiger partial charge in [0.1, 0.15) is 5.56 Å². The van der Waals surface area contributed by atoms with E-state index in [1.807, 2.05) is 18.2 Å². The lowest BCUT2D eigenvalue weighted by Gasteiger charge is -2.15. The second-order valence-electron chi connectivity index (χ2n) is 9.09. The number of esters is 1. The van der Waals surface area contributed by atoms with E-state index in [-0.39, 0.29) is 28.5 Å². The van der Waals surface area contributed by atoms with Gasteiger partial charge in [-0.2, -0.15) is 4.98 Å². The first kappa shape index (κ1) is 24.6. The van der Waals surface area contributed by atoms with E-state index in [9.17, 15) is 19.2 Å². The van der Waals surface area contributed by atoms with Crippen LogP contribution in [-0.2, 0) is 17.6 Å². The van der Waals surface area contributed by atoms with Gasteiger partial charge < -0.3 is 25.3 Å². The van der Waals surface area contributed by atoms with Gasteiger partial charge in [0.2, 0.25) is 11.4 Å². The second-order valence-corrected chi connectivity index (χ2v) is 9.09. The quantitative estimate of drug-likeness (QED) is 0.306. The van der Waals surface area contributed by atoms with Gasteiger partial charge in [0.05, 0.1) is 5.39 Å². The lowest BCUT2D eigenvalue weighted by atomic mass is 10.1. The number of anilines is 2. The Kier molecular flexibility index (Phi) is 6.33. The monoisotopic (exact) mass is 512 g/mol. The van der Waals surface area contributed by atoms with Crippen molar-refractivity contribution in [2.75, 3.05) is 19.4 Å². The molecule has 0 fully saturated rings. The number of benzene rings is 2. The van der Waals surface area contributed by atoms with Crippen LogP contribution < -0.4 is 16.5 Å². The first-order valence-corrected chi connectivity index (χ1v) is 11.9. The number of fused-ring (bicyclic) bond motifs is 2. The van der Waals surface area contributed by atoms with Crippen LogP contribution in [0.25, 0.3) is 16.7 Å². The Balaban J connectivity index is 1.63. The molecule has 0 aliphatic heterocycles. The summed E-state index contributed by atoms with van der Waals surface area (Å²) < 4.78 is 6.07. The fourth-order valence-electron chi connectivity index (χ4n) is 4.48. The topological polar surface area (TPSA) is 150 Å². The molecule has 0 atom stereocenters. The van der Waals surface area contributed by atoms with Gasteiger partial charge >= 0.3 is 12.1 Å². The molecular weight excluding hydrogens is 488 g/mol. The van der Waals surface area contributed by atoms with Gasteiger partial charge in [0.25, 0.3) is 5.91 Å². The third-order valence-electron chi connectivity index (χ3n) is 6.29. The van der Waals surface area contributed by atoms with Crippen molar-refractivity contribution < 1.29 is 19.1 Å². The fraction of sp³-hybridized carbons (Fsp3) is 0.185. The van der Waals surface area contributed by atoms with Crippen molar-refractivity contribution in [1.82, 2.24) is 19.4 Å². The van der Waals surface area contributed by atoms with Gasteiger partial charge in [-0.3, -0.25) is 9.59 Å². The number of primary amides is 1. The van der Waals surface area contributed by atoms with Crippen molar-refractivity contribution in [3.63, 3.8) is 0 Å². The Bertz CT molecular complexity index is 1680. The molecule has 192 valence electrons. The molecule has 3 N–H and O–H groups in total. The van der Waals surface area contributed by atoms with Crippen LogP contribution in [0, 0.1) is 0 Å². The molecule has 1 aliphatic rings. The molecule has 0 bridgehead atoms. The maximum atomic E-state index is 13.2. The van der Waals surface area contributed by atoms with Crippen molar-refractivity contribution in [1.29, 1.82) is 0 Å². The van der Waals surface area contributed by atoms with E-state index in [1.54, 1.807) is 42.9 Å². The van der Waals surface area contributed by atoms with Gasteiger partial charge in [-0.15, -0.1) is 0 Å². The number of rotatable bonds is 5. The zero-order valence-electron chi connectivity index (χ0n) is 20.7. The SMILES string of the molecule is CN(C)C(=O)c1cccc(Nc2ncc3c(=O)c(C(=O)OC(N)=O)cn(-c4ccc5c(c4)CCC5)c3n2)c1. The van der Waals surface area contributed by atoms with E-state index in [1.165, 1.54) is 28.4 Å². The standard InChI is InChI=1S/C27H24N6O5/c1-32(2)24(35)17-7-4-8-18(11-17)30-27-29-13-20-22(34)21(25(36)38-26(28)37)14-33(23(20)31-27)19-10-9-15-5-3-6-16(15)12-19/h4,7-14H,3,5-6H2,1-2H3,(H2,28,37)(H,29,30,31). The summed E-state index contributed by atoms with van der Waals surface area (Å²) in [5, 5.41) is 3.12. The molecule has 2 aromatic heterocycles. The van der Waals surface area contributed by atoms with Crippen LogP contribution >= 0.6 is 0 Å². The number of nitrogens with two attached hydrogens (primary N) is 1. The van der Waals surface area contributed by atoms with Gasteiger partial charge in [-0.1, -0.05) is 12.1 Å². The highest BCUT2D eigenvalue weighted by atomic mass is 16.6. The van der Waals surface area contributed by atoms with Crippen molar-refractivity contribution in [2.24, 2.45) is 5.73 Å². The van der Waals surface area contributed by atoms with Crippen molar-refractivity contribution in [2.45, 2.75) is 19.3 Å². The second kappa shape index (κ2) is 9.77. The molecular formula is C27H24N6O5. The van der Waals surface area contributed by atoms with Crippen LogP contribution in [0.4, 0.5) is 16.4 Å². The van der Waals surface area contributed by atoms with E-state index < -0.39 is 17.5 Å². The minimum absolute atomic E-state index is 0.0477. The summed E-state index contributed by atoms with van der Waals surface area (Å²) in [6, 6.07) is 12.7. The highest BCUT2D eigenvalue weighted by Crippen LogP contribution is 2.26. The van der Waals surface area contributed by atoms with Crippen LogP contribution in [0.2, 0.25) is 0 Å². The van der Waals surface area contributed by atoms with Crippen LogP contribution in [-0.4, -0.2) is 51.5 Å². The Morgan fingerprint density at radius 1 is 1.08 bits per heavy atom. The third-order valence-corrected chi connectivity index (χ3v) is 6.29. The van der Waals surface area contributed by atoms with Gasteiger partial charge in [0, 0.05) is 43.4 Å². The number of carbonyl (C=O) groups excluding carboxylic acids is 3. The molecule has 0 saturated heterocycles. The smallest absolute Gasteiger partial charge is 0.373 e. The summed E-state index contributed by atoms with van der Waals surface area (Å²) >= 11 is 0. The number of pyridine rings is 1. The summed E-state index contributed by atoms with van der Waals surface area (Å²) in [5.41, 5.74) is 8.30. The van der Waals surface area contributed by atoms with E-state index in [0.29, 0.717) is 16.9 Å². The molecule has 0 radical (unpaired) electrons. The molecule has 4 aromatic rings. The number of aromatic nitrogens is 3. The fourth-order valence-corrected chi connectivity index (χ4v) is 4.48. The zero-order valence-corrected chi connectivity index (χ0v) is 20.7. The third kappa shape index (κ3) is 4.69. The zero-order chi connectivity index (χ0) is 27.0. The van der Waals surface area contributed by atoms with Gasteiger partial charge in [-0.25, -0.2) is 14.6 Å². The summed E-state index contributed by atoms with van der Waals surface area (Å²) in [4.78, 5) is 59.5. The average molecular weight is 513 g/mol. The first-order chi connectivity index (χ1) is 18.2. The molecule has 2 aromatic carbocycles. The molecule has 2 heterocycles. The molecule has 2 amide bonds. The number of hydrogen-bond donors (Lipinski definition) is 2. The molecule has 11 heteroatoms. The minimum atomic E-state index is -1.32. The molecule has 0 unspecified atom stereocenters. The number of carbonyl (C=O) groups is 3. The highest BCUT2D eigenvalue weighted by Gasteiger charge is 2.22. The Morgan fingerprint density at radius 2 is 1.87 bits per heavy atom. The first-order valence-electron chi connectivity index (χ1n) is 11.9. The van der Waals surface area contributed by atoms with E-state index in [4.69, 9.17) is 5.73 Å². The maximum absolute atomic E-state index is 13.2. The van der Waals surface area contributed by atoms with Crippen molar-refractivity contribution in [3.8, 4) is 5.69 Å². The number of ether oxygens (including phenoxy) is 1. The summed E-state index contributed by atoms with van der Waals surface area (Å²) in [6.07, 6.45) is 4.23. The highest BCUT2D eigenvalue weighted by molar-refractivity contribution is 5.98. The van der Waals surface area contributed by atoms with E-state index >= 15 is 0 Å². The molecule has 0 spiro atoms. The predicted molar refractivity (Wildman–Crippen MR) is 140 cm³/mol. The number of amides is 2. The largest absolute Gasteiger partial charge is 0.412 e. The van der Waals surface area contributed by atoms with Crippen LogP contribution in [0.1, 0.15) is 38.3 Å². The Labute approximate surface area is 216 Å². The van der Waals surface area contributed by atoms with Gasteiger partial charge in [-0.05, 0) is 60.7 Å². The van der Waals surface area contributed by atoms with Crippen LogP contribution in [0.3, 0.4) is 0 Å². The Morgan fingerprint density at radius 3 is 2.63 bits per heavy atom. The molecule has 38 heavy (non-hydrogen) atoms. The van der Waals surface area contributed by atoms with Crippen LogP contribution in [0.15, 0.2) is 59.7 Å².